The van der Waals surface area contributed by atoms with Crippen molar-refractivity contribution in [3.63, 3.8) is 0 Å². The Kier molecular flexibility index (Phi) is 9.03. The molecular formula is C27H31N2O2P. The first-order valence-electron chi connectivity index (χ1n) is 10.7. The number of benzodiazepines with no additional fused rings is 1. The molecule has 0 saturated carbocycles. The summed E-state index contributed by atoms with van der Waals surface area (Å²) in [6.07, 6.45) is 4.21. The van der Waals surface area contributed by atoms with Crippen molar-refractivity contribution in [2.45, 2.75) is 13.5 Å². The monoisotopic (exact) mass is 446 g/mol. The molecule has 166 valence electrons. The number of nitrogens with zero attached hydrogens (tertiary/aromatic N) is 2. The third-order valence-electron chi connectivity index (χ3n) is 5.16. The molecule has 1 atom stereocenters. The number of fused-ring (bicyclic) bond motifs is 1. The minimum atomic E-state index is 0.0833. The lowest BCUT2D eigenvalue weighted by Gasteiger charge is -2.18. The third kappa shape index (κ3) is 6.53. The summed E-state index contributed by atoms with van der Waals surface area (Å²) in [4.78, 5) is 14.7. The first kappa shape index (κ1) is 23.7. The number of allylic oxidation sites excluding steroid dienone is 1. The van der Waals surface area contributed by atoms with Gasteiger partial charge in [-0.3, -0.25) is 4.99 Å². The standard InChI is InChI=1S/C26H26N2O.CH5OP/c1-20-11-13-21(14-12-20)19-29-26-10-6-3-7-22(26)15-16-24-23-8-4-5-9-25(23)28(2)18-17-27-24;1-3-2/h3-16H,17-19H2,1-2H3;2-3H,1H3/b16-15+;. The van der Waals surface area contributed by atoms with Crippen LogP contribution in [0.3, 0.4) is 0 Å². The zero-order chi connectivity index (χ0) is 22.8. The molecule has 0 spiro atoms. The number of aryl methyl sites for hydroxylation is 1. The van der Waals surface area contributed by atoms with Crippen LogP contribution < -0.4 is 9.64 Å². The van der Waals surface area contributed by atoms with Crippen molar-refractivity contribution < 1.29 is 9.63 Å². The number of ether oxygens (including phenoxy) is 1. The second-order valence-electron chi connectivity index (χ2n) is 7.57. The Morgan fingerprint density at radius 2 is 1.69 bits per heavy atom. The van der Waals surface area contributed by atoms with Crippen molar-refractivity contribution in [2.75, 3.05) is 31.7 Å². The van der Waals surface area contributed by atoms with Crippen LogP contribution in [0.15, 0.2) is 83.9 Å². The summed E-state index contributed by atoms with van der Waals surface area (Å²) in [6.45, 7) is 6.07. The van der Waals surface area contributed by atoms with Gasteiger partial charge in [-0.1, -0.05) is 66.2 Å². The van der Waals surface area contributed by atoms with Gasteiger partial charge in [0.25, 0.3) is 0 Å². The topological polar surface area (TPSA) is 45.1 Å². The summed E-state index contributed by atoms with van der Waals surface area (Å²) in [6, 6.07) is 25.0. The number of likely N-dealkylation sites (N-methyl/N-ethyl adjacent to an activating group) is 1. The Balaban J connectivity index is 0.000000913. The molecule has 0 bridgehead atoms. The molecule has 1 heterocycles. The van der Waals surface area contributed by atoms with E-state index in [0.29, 0.717) is 6.61 Å². The van der Waals surface area contributed by atoms with Gasteiger partial charge in [0.1, 0.15) is 12.4 Å². The Labute approximate surface area is 193 Å². The Hall–Kier alpha value is -2.94. The highest BCUT2D eigenvalue weighted by molar-refractivity contribution is 7.29. The van der Waals surface area contributed by atoms with Crippen molar-refractivity contribution in [3.8, 4) is 5.75 Å². The van der Waals surface area contributed by atoms with E-state index < -0.39 is 0 Å². The SMILES string of the molecule is CPO.Cc1ccc(COc2ccccc2/C=C/C2=NCCN(C)c3ccccc32)cc1. The van der Waals surface area contributed by atoms with Crippen LogP contribution in [-0.4, -0.2) is 37.4 Å². The van der Waals surface area contributed by atoms with E-state index in [0.717, 1.165) is 30.1 Å². The second kappa shape index (κ2) is 12.2. The molecule has 0 saturated heterocycles. The summed E-state index contributed by atoms with van der Waals surface area (Å²) < 4.78 is 6.11. The Bertz CT molecular complexity index is 1060. The fourth-order valence-electron chi connectivity index (χ4n) is 3.46. The maximum absolute atomic E-state index is 7.60. The number of hydrogen-bond acceptors (Lipinski definition) is 4. The van der Waals surface area contributed by atoms with Crippen molar-refractivity contribution in [1.82, 2.24) is 0 Å². The van der Waals surface area contributed by atoms with E-state index in [1.54, 1.807) is 6.66 Å². The maximum Gasteiger partial charge on any atom is 0.127 e. The average Bonchev–Trinajstić information content (AvgIpc) is 2.97. The molecular weight excluding hydrogens is 415 g/mol. The zero-order valence-corrected chi connectivity index (χ0v) is 20.0. The molecule has 3 aromatic rings. The molecule has 0 amide bonds. The lowest BCUT2D eigenvalue weighted by Crippen LogP contribution is -2.20. The van der Waals surface area contributed by atoms with E-state index in [9.17, 15) is 0 Å². The predicted octanol–water partition coefficient (Wildman–Crippen LogP) is 5.73. The fourth-order valence-corrected chi connectivity index (χ4v) is 3.46. The molecule has 32 heavy (non-hydrogen) atoms. The van der Waals surface area contributed by atoms with Crippen molar-refractivity contribution in [3.05, 3.63) is 101 Å². The van der Waals surface area contributed by atoms with E-state index >= 15 is 0 Å². The van der Waals surface area contributed by atoms with Crippen LogP contribution in [0.2, 0.25) is 0 Å². The van der Waals surface area contributed by atoms with E-state index in [4.69, 9.17) is 14.6 Å². The number of anilines is 1. The molecule has 3 aromatic carbocycles. The Morgan fingerprint density at radius 3 is 2.47 bits per heavy atom. The van der Waals surface area contributed by atoms with Gasteiger partial charge in [0.2, 0.25) is 0 Å². The number of hydrogen-bond donors (Lipinski definition) is 1. The lowest BCUT2D eigenvalue weighted by molar-refractivity contribution is 0.305. The zero-order valence-electron chi connectivity index (χ0n) is 19.0. The maximum atomic E-state index is 7.60. The first-order valence-corrected chi connectivity index (χ1v) is 12.2. The lowest BCUT2D eigenvalue weighted by atomic mass is 10.1. The normalized spacial score (nSPS) is 13.4. The van der Waals surface area contributed by atoms with Crippen LogP contribution in [0.1, 0.15) is 22.3 Å². The van der Waals surface area contributed by atoms with Gasteiger partial charge in [0.15, 0.2) is 0 Å². The van der Waals surface area contributed by atoms with Gasteiger partial charge in [-0.2, -0.15) is 0 Å². The molecule has 0 aromatic heterocycles. The average molecular weight is 447 g/mol. The molecule has 5 heteroatoms. The molecule has 1 unspecified atom stereocenters. The van der Waals surface area contributed by atoms with Crippen LogP contribution in [-0.2, 0) is 6.61 Å². The molecule has 4 rings (SSSR count). The predicted molar refractivity (Wildman–Crippen MR) is 139 cm³/mol. The smallest absolute Gasteiger partial charge is 0.127 e. The number of aliphatic imine (C=N–C) groups is 1. The van der Waals surface area contributed by atoms with E-state index in [1.807, 2.05) is 18.2 Å². The largest absolute Gasteiger partial charge is 0.488 e. The molecule has 0 fully saturated rings. The highest BCUT2D eigenvalue weighted by Crippen LogP contribution is 2.25. The molecule has 4 nitrogen and oxygen atoms in total. The fraction of sp³-hybridized carbons (Fsp3) is 0.222. The summed E-state index contributed by atoms with van der Waals surface area (Å²) in [5.41, 5.74) is 6.88. The van der Waals surface area contributed by atoms with E-state index in [2.05, 4.69) is 85.6 Å². The number of para-hydroxylation sites is 2. The highest BCUT2D eigenvalue weighted by atomic mass is 31.1. The molecule has 1 N–H and O–H groups in total. The number of rotatable bonds is 5. The summed E-state index contributed by atoms with van der Waals surface area (Å²) in [5, 5.41) is 0. The van der Waals surface area contributed by atoms with Gasteiger partial charge >= 0.3 is 0 Å². The second-order valence-corrected chi connectivity index (χ2v) is 8.02. The quantitative estimate of drug-likeness (QED) is 0.509. The van der Waals surface area contributed by atoms with Gasteiger partial charge in [-0.15, -0.1) is 0 Å². The third-order valence-corrected chi connectivity index (χ3v) is 5.16. The van der Waals surface area contributed by atoms with Crippen molar-refractivity contribution >= 4 is 26.3 Å². The highest BCUT2D eigenvalue weighted by Gasteiger charge is 2.13. The van der Waals surface area contributed by atoms with Gasteiger partial charge in [-0.05, 0) is 43.4 Å². The van der Waals surface area contributed by atoms with Crippen LogP contribution in [0.25, 0.3) is 6.08 Å². The van der Waals surface area contributed by atoms with Crippen molar-refractivity contribution in [2.24, 2.45) is 4.99 Å². The van der Waals surface area contributed by atoms with E-state index in [-0.39, 0.29) is 8.81 Å². The van der Waals surface area contributed by atoms with Gasteiger partial charge in [0.05, 0.1) is 12.3 Å². The minimum Gasteiger partial charge on any atom is -0.488 e. The Morgan fingerprint density at radius 1 is 1.00 bits per heavy atom. The number of benzene rings is 3. The molecule has 0 radical (unpaired) electrons. The van der Waals surface area contributed by atoms with Crippen LogP contribution in [0.4, 0.5) is 5.69 Å². The molecule has 1 aliphatic heterocycles. The summed E-state index contributed by atoms with van der Waals surface area (Å²) in [5.74, 6) is 0.879. The van der Waals surface area contributed by atoms with Gasteiger partial charge < -0.3 is 14.5 Å². The van der Waals surface area contributed by atoms with Crippen LogP contribution in [0.5, 0.6) is 5.75 Å². The molecule has 0 aliphatic carbocycles. The summed E-state index contributed by atoms with van der Waals surface area (Å²) >= 11 is 0. The van der Waals surface area contributed by atoms with Gasteiger partial charge in [-0.25, -0.2) is 0 Å². The summed E-state index contributed by atoms with van der Waals surface area (Å²) in [7, 11) is 2.20. The van der Waals surface area contributed by atoms with E-state index in [1.165, 1.54) is 22.4 Å². The van der Waals surface area contributed by atoms with Crippen LogP contribution >= 0.6 is 8.81 Å². The first-order chi connectivity index (χ1) is 15.6. The van der Waals surface area contributed by atoms with Crippen molar-refractivity contribution in [1.29, 1.82) is 0 Å². The molecule has 1 aliphatic rings. The van der Waals surface area contributed by atoms with Crippen LogP contribution in [0, 0.1) is 6.92 Å². The minimum absolute atomic E-state index is 0.0833. The van der Waals surface area contributed by atoms with Gasteiger partial charge in [0, 0.05) is 39.2 Å².